The van der Waals surface area contributed by atoms with E-state index in [4.69, 9.17) is 20.7 Å². The Bertz CT molecular complexity index is 274. The summed E-state index contributed by atoms with van der Waals surface area (Å²) in [5.74, 6) is 0.0903. The van der Waals surface area contributed by atoms with Crippen LogP contribution in [0.25, 0.3) is 0 Å². The van der Waals surface area contributed by atoms with Crippen LogP contribution in [0.3, 0.4) is 0 Å². The second-order valence-corrected chi connectivity index (χ2v) is 3.34. The number of aliphatic hydroxyl groups excluding tert-OH is 3. The number of ether oxygens (including phenoxy) is 1. The quantitative estimate of drug-likeness (QED) is 0.358. The Kier molecular flexibility index (Phi) is 13.2. The molecule has 1 unspecified atom stereocenters. The summed E-state index contributed by atoms with van der Waals surface area (Å²) in [6.07, 6.45) is -0.944. The molecule has 1 aliphatic heterocycles. The normalized spacial score (nSPS) is 14.5. The second kappa shape index (κ2) is 12.7. The number of rotatable bonds is 4. The van der Waals surface area contributed by atoms with Gasteiger partial charge in [-0.3, -0.25) is 20.3 Å². The zero-order valence-corrected chi connectivity index (χ0v) is 11.0. The van der Waals surface area contributed by atoms with Gasteiger partial charge in [-0.2, -0.15) is 0 Å². The molecule has 0 spiro atoms. The van der Waals surface area contributed by atoms with Gasteiger partial charge in [0.2, 0.25) is 5.91 Å². The van der Waals surface area contributed by atoms with Crippen LogP contribution in [0.5, 0.6) is 0 Å². The van der Waals surface area contributed by atoms with Crippen molar-refractivity contribution in [3.63, 3.8) is 0 Å². The maximum Gasteiger partial charge on any atom is 0.293 e. The summed E-state index contributed by atoms with van der Waals surface area (Å²) in [5.41, 5.74) is 0. The SMILES string of the molecule is CCO.CN1CC(=O)NC1=N.O=COCC(O)CO. The number of hydrogen-bond acceptors (Lipinski definition) is 7. The molecule has 112 valence electrons. The molecule has 0 radical (unpaired) electrons. The van der Waals surface area contributed by atoms with Gasteiger partial charge < -0.3 is 25.0 Å². The van der Waals surface area contributed by atoms with Crippen LogP contribution in [-0.4, -0.2) is 78.1 Å². The highest BCUT2D eigenvalue weighted by Gasteiger charge is 2.18. The first kappa shape index (κ1) is 19.6. The topological polar surface area (TPSA) is 143 Å². The van der Waals surface area contributed by atoms with Gasteiger partial charge in [-0.05, 0) is 6.92 Å². The van der Waals surface area contributed by atoms with Crippen molar-refractivity contribution in [2.75, 3.05) is 33.4 Å². The van der Waals surface area contributed by atoms with E-state index in [0.717, 1.165) is 0 Å². The van der Waals surface area contributed by atoms with Crippen LogP contribution in [-0.2, 0) is 14.3 Å². The minimum atomic E-state index is -0.944. The van der Waals surface area contributed by atoms with E-state index in [9.17, 15) is 9.59 Å². The zero-order valence-electron chi connectivity index (χ0n) is 11.0. The van der Waals surface area contributed by atoms with Crippen LogP contribution in [0.2, 0.25) is 0 Å². The minimum Gasteiger partial charge on any atom is -0.465 e. The molecular formula is C10H21N3O6. The zero-order chi connectivity index (χ0) is 15.3. The third-order valence-corrected chi connectivity index (χ3v) is 1.59. The van der Waals surface area contributed by atoms with Crippen molar-refractivity contribution in [3.8, 4) is 0 Å². The maximum absolute atomic E-state index is 10.4. The summed E-state index contributed by atoms with van der Waals surface area (Å²) in [6.45, 7) is 1.95. The number of amides is 1. The van der Waals surface area contributed by atoms with Crippen molar-refractivity contribution in [2.45, 2.75) is 13.0 Å². The third-order valence-electron chi connectivity index (χ3n) is 1.59. The van der Waals surface area contributed by atoms with Gasteiger partial charge in [-0.15, -0.1) is 0 Å². The van der Waals surface area contributed by atoms with Crippen LogP contribution in [0.15, 0.2) is 0 Å². The van der Waals surface area contributed by atoms with E-state index < -0.39 is 6.10 Å². The largest absolute Gasteiger partial charge is 0.465 e. The van der Waals surface area contributed by atoms with E-state index in [-0.39, 0.29) is 38.2 Å². The molecule has 1 heterocycles. The van der Waals surface area contributed by atoms with E-state index >= 15 is 0 Å². The van der Waals surface area contributed by atoms with E-state index in [1.165, 1.54) is 0 Å². The van der Waals surface area contributed by atoms with Crippen molar-refractivity contribution >= 4 is 18.3 Å². The Balaban J connectivity index is 0. The van der Waals surface area contributed by atoms with Crippen LogP contribution in [0.1, 0.15) is 6.92 Å². The summed E-state index contributed by atoms with van der Waals surface area (Å²) >= 11 is 0. The molecule has 1 amide bonds. The maximum atomic E-state index is 10.4. The standard InChI is InChI=1S/C4H7N3O.C4H8O4.C2H6O/c1-7-2-3(8)6-4(7)5;5-1-4(7)2-8-3-6;1-2-3/h2H2,1H3,(H2,5,6,8);3-5,7H,1-2H2;3H,2H2,1H3. The first-order valence-electron chi connectivity index (χ1n) is 5.47. The molecule has 0 aliphatic carbocycles. The van der Waals surface area contributed by atoms with E-state index in [1.54, 1.807) is 18.9 Å². The van der Waals surface area contributed by atoms with Gasteiger partial charge in [-0.1, -0.05) is 0 Å². The van der Waals surface area contributed by atoms with Crippen molar-refractivity contribution in [3.05, 3.63) is 0 Å². The van der Waals surface area contributed by atoms with Crippen LogP contribution in [0.4, 0.5) is 0 Å². The summed E-state index contributed by atoms with van der Waals surface area (Å²) in [5, 5.41) is 33.5. The summed E-state index contributed by atoms with van der Waals surface area (Å²) in [6, 6.07) is 0. The second-order valence-electron chi connectivity index (χ2n) is 3.34. The molecule has 19 heavy (non-hydrogen) atoms. The predicted octanol–water partition coefficient (Wildman–Crippen LogP) is -2.51. The van der Waals surface area contributed by atoms with Gasteiger partial charge in [-0.25, -0.2) is 0 Å². The number of nitrogens with one attached hydrogen (secondary N) is 2. The monoisotopic (exact) mass is 279 g/mol. The molecule has 1 aliphatic rings. The molecule has 5 N–H and O–H groups in total. The molecular weight excluding hydrogens is 258 g/mol. The molecule has 0 saturated carbocycles. The summed E-state index contributed by atoms with van der Waals surface area (Å²) in [4.78, 5) is 21.3. The number of likely N-dealkylation sites (N-methyl/N-ethyl adjacent to an activating group) is 1. The molecule has 9 nitrogen and oxygen atoms in total. The number of hydrogen-bond donors (Lipinski definition) is 5. The Hall–Kier alpha value is -1.71. The predicted molar refractivity (Wildman–Crippen MR) is 66.4 cm³/mol. The van der Waals surface area contributed by atoms with E-state index in [2.05, 4.69) is 10.1 Å². The molecule has 1 rings (SSSR count). The fraction of sp³-hybridized carbons (Fsp3) is 0.700. The fourth-order valence-electron chi connectivity index (χ4n) is 0.765. The van der Waals surface area contributed by atoms with Gasteiger partial charge in [0, 0.05) is 13.7 Å². The number of nitrogens with zero attached hydrogens (tertiary/aromatic N) is 1. The first-order chi connectivity index (χ1) is 8.92. The highest BCUT2D eigenvalue weighted by molar-refractivity contribution is 6.02. The highest BCUT2D eigenvalue weighted by atomic mass is 16.5. The van der Waals surface area contributed by atoms with Crippen molar-refractivity contribution in [2.24, 2.45) is 0 Å². The molecule has 0 bridgehead atoms. The highest BCUT2D eigenvalue weighted by Crippen LogP contribution is 1.89. The van der Waals surface area contributed by atoms with Gasteiger partial charge in [0.1, 0.15) is 12.7 Å². The van der Waals surface area contributed by atoms with Crippen molar-refractivity contribution < 1.29 is 29.6 Å². The number of aliphatic hydroxyl groups is 3. The smallest absolute Gasteiger partial charge is 0.293 e. The number of carbonyl (C=O) groups excluding carboxylic acids is 2. The summed E-state index contributed by atoms with van der Waals surface area (Å²) < 4.78 is 4.10. The summed E-state index contributed by atoms with van der Waals surface area (Å²) in [7, 11) is 1.69. The van der Waals surface area contributed by atoms with Crippen molar-refractivity contribution in [1.82, 2.24) is 10.2 Å². The lowest BCUT2D eigenvalue weighted by Crippen LogP contribution is -2.25. The molecule has 1 fully saturated rings. The molecule has 1 saturated heterocycles. The Labute approximate surface area is 111 Å². The van der Waals surface area contributed by atoms with E-state index in [1.807, 2.05) is 0 Å². The van der Waals surface area contributed by atoms with E-state index in [0.29, 0.717) is 6.54 Å². The average Bonchev–Trinajstić information content (AvgIpc) is 2.65. The Morgan fingerprint density at radius 2 is 2.11 bits per heavy atom. The molecule has 0 aromatic carbocycles. The van der Waals surface area contributed by atoms with Gasteiger partial charge in [0.15, 0.2) is 5.96 Å². The molecule has 0 aromatic rings. The van der Waals surface area contributed by atoms with Crippen LogP contribution in [0, 0.1) is 5.41 Å². The Morgan fingerprint density at radius 1 is 1.58 bits per heavy atom. The average molecular weight is 279 g/mol. The lowest BCUT2D eigenvalue weighted by atomic mass is 10.4. The lowest BCUT2D eigenvalue weighted by Gasteiger charge is -2.03. The van der Waals surface area contributed by atoms with Crippen LogP contribution >= 0.6 is 0 Å². The van der Waals surface area contributed by atoms with Gasteiger partial charge in [0.05, 0.1) is 13.2 Å². The molecule has 1 atom stereocenters. The minimum absolute atomic E-state index is 0.0995. The Morgan fingerprint density at radius 3 is 2.32 bits per heavy atom. The third kappa shape index (κ3) is 12.5. The van der Waals surface area contributed by atoms with Crippen LogP contribution < -0.4 is 5.32 Å². The van der Waals surface area contributed by atoms with Crippen molar-refractivity contribution in [1.29, 1.82) is 5.41 Å². The molecule has 9 heteroatoms. The first-order valence-corrected chi connectivity index (χ1v) is 5.47. The number of carbonyl (C=O) groups is 2. The molecule has 0 aromatic heterocycles. The fourth-order valence-corrected chi connectivity index (χ4v) is 0.765. The van der Waals surface area contributed by atoms with Gasteiger partial charge >= 0.3 is 0 Å². The lowest BCUT2D eigenvalue weighted by molar-refractivity contribution is -0.132. The van der Waals surface area contributed by atoms with Gasteiger partial charge in [0.25, 0.3) is 6.47 Å². The number of guanidine groups is 1.